The van der Waals surface area contributed by atoms with E-state index in [0.29, 0.717) is 25.0 Å². The molecule has 1 saturated carbocycles. The number of rotatable bonds is 6. The maximum Gasteiger partial charge on any atom is 0.231 e. The number of piperidine rings is 1. The van der Waals surface area contributed by atoms with Crippen LogP contribution < -0.4 is 4.74 Å². The topological polar surface area (TPSA) is 38.8 Å². The van der Waals surface area contributed by atoms with E-state index in [0.717, 1.165) is 56.5 Å². The van der Waals surface area contributed by atoms with E-state index in [9.17, 15) is 4.79 Å². The van der Waals surface area contributed by atoms with E-state index >= 15 is 0 Å². The fraction of sp³-hybridized carbons (Fsp3) is 0.650. The maximum atomic E-state index is 13.0. The highest BCUT2D eigenvalue weighted by Gasteiger charge is 2.47. The molecule has 1 atom stereocenters. The van der Waals surface area contributed by atoms with Gasteiger partial charge in [0.15, 0.2) is 0 Å². The SMILES string of the molecule is COCC1(C(=O)N2CCCC(COc3ccccc3C)C2)CCC1. The summed E-state index contributed by atoms with van der Waals surface area (Å²) in [5.41, 5.74) is 0.919. The lowest BCUT2D eigenvalue weighted by Gasteiger charge is -2.45. The minimum Gasteiger partial charge on any atom is -0.493 e. The Morgan fingerprint density at radius 3 is 2.75 bits per heavy atom. The summed E-state index contributed by atoms with van der Waals surface area (Å²) < 4.78 is 11.3. The third kappa shape index (κ3) is 3.59. The first-order chi connectivity index (χ1) is 11.6. The van der Waals surface area contributed by atoms with Crippen LogP contribution in [0, 0.1) is 18.3 Å². The predicted octanol–water partition coefficient (Wildman–Crippen LogP) is 3.43. The van der Waals surface area contributed by atoms with Crippen molar-refractivity contribution in [3.8, 4) is 5.75 Å². The van der Waals surface area contributed by atoms with E-state index in [1.807, 2.05) is 18.2 Å². The molecule has 0 radical (unpaired) electrons. The Labute approximate surface area is 145 Å². The summed E-state index contributed by atoms with van der Waals surface area (Å²) in [7, 11) is 1.70. The molecule has 24 heavy (non-hydrogen) atoms. The second kappa shape index (κ2) is 7.56. The second-order valence-electron chi connectivity index (χ2n) is 7.40. The number of aryl methyl sites for hydroxylation is 1. The van der Waals surface area contributed by atoms with Gasteiger partial charge in [0.05, 0.1) is 18.6 Å². The highest BCUT2D eigenvalue weighted by Crippen LogP contribution is 2.43. The van der Waals surface area contributed by atoms with Gasteiger partial charge < -0.3 is 14.4 Å². The van der Waals surface area contributed by atoms with Crippen molar-refractivity contribution in [2.45, 2.75) is 39.0 Å². The number of hydrogen-bond acceptors (Lipinski definition) is 3. The van der Waals surface area contributed by atoms with Crippen molar-refractivity contribution >= 4 is 5.91 Å². The van der Waals surface area contributed by atoms with Crippen LogP contribution in [0.15, 0.2) is 24.3 Å². The Hall–Kier alpha value is -1.55. The molecule has 1 amide bonds. The van der Waals surface area contributed by atoms with Crippen LogP contribution >= 0.6 is 0 Å². The maximum absolute atomic E-state index is 13.0. The van der Waals surface area contributed by atoms with Gasteiger partial charge in [0.2, 0.25) is 5.91 Å². The van der Waals surface area contributed by atoms with Crippen LogP contribution in [0.4, 0.5) is 0 Å². The molecule has 0 bridgehead atoms. The van der Waals surface area contributed by atoms with Crippen LogP contribution in [0.2, 0.25) is 0 Å². The number of hydrogen-bond donors (Lipinski definition) is 0. The lowest BCUT2D eigenvalue weighted by atomic mass is 9.68. The molecule has 4 nitrogen and oxygen atoms in total. The summed E-state index contributed by atoms with van der Waals surface area (Å²) in [6.45, 7) is 5.01. The normalized spacial score (nSPS) is 22.8. The van der Waals surface area contributed by atoms with Gasteiger partial charge in [0.1, 0.15) is 5.75 Å². The molecule has 1 saturated heterocycles. The van der Waals surface area contributed by atoms with Crippen LogP contribution in [-0.2, 0) is 9.53 Å². The van der Waals surface area contributed by atoms with Crippen LogP contribution in [0.25, 0.3) is 0 Å². The van der Waals surface area contributed by atoms with E-state index in [2.05, 4.69) is 17.9 Å². The monoisotopic (exact) mass is 331 g/mol. The van der Waals surface area contributed by atoms with Crippen molar-refractivity contribution in [2.75, 3.05) is 33.4 Å². The first-order valence-corrected chi connectivity index (χ1v) is 9.11. The molecular weight excluding hydrogens is 302 g/mol. The first kappa shape index (κ1) is 17.3. The number of para-hydroxylation sites is 1. The fourth-order valence-electron chi connectivity index (χ4n) is 3.95. The Bertz CT molecular complexity index is 568. The number of nitrogens with zero attached hydrogens (tertiary/aromatic N) is 1. The van der Waals surface area contributed by atoms with Crippen molar-refractivity contribution in [3.05, 3.63) is 29.8 Å². The Balaban J connectivity index is 1.56. The Morgan fingerprint density at radius 2 is 2.08 bits per heavy atom. The zero-order chi connectivity index (χ0) is 17.0. The zero-order valence-electron chi connectivity index (χ0n) is 14.9. The van der Waals surface area contributed by atoms with Gasteiger partial charge in [0.25, 0.3) is 0 Å². The predicted molar refractivity (Wildman–Crippen MR) is 94.1 cm³/mol. The van der Waals surface area contributed by atoms with E-state index in [4.69, 9.17) is 9.47 Å². The van der Waals surface area contributed by atoms with Crippen molar-refractivity contribution < 1.29 is 14.3 Å². The minimum absolute atomic E-state index is 0.243. The third-order valence-corrected chi connectivity index (χ3v) is 5.56. The molecular formula is C20H29NO3. The van der Waals surface area contributed by atoms with Crippen molar-refractivity contribution in [1.82, 2.24) is 4.90 Å². The minimum atomic E-state index is -0.243. The Kier molecular flexibility index (Phi) is 5.44. The van der Waals surface area contributed by atoms with Crippen molar-refractivity contribution in [2.24, 2.45) is 11.3 Å². The van der Waals surface area contributed by atoms with E-state index in [1.54, 1.807) is 7.11 Å². The van der Waals surface area contributed by atoms with Gasteiger partial charge in [-0.05, 0) is 44.2 Å². The van der Waals surface area contributed by atoms with Crippen LogP contribution in [0.3, 0.4) is 0 Å². The van der Waals surface area contributed by atoms with Gasteiger partial charge in [-0.3, -0.25) is 4.79 Å². The van der Waals surface area contributed by atoms with Gasteiger partial charge in [-0.15, -0.1) is 0 Å². The molecule has 1 aliphatic heterocycles. The highest BCUT2D eigenvalue weighted by molar-refractivity contribution is 5.84. The van der Waals surface area contributed by atoms with Crippen molar-refractivity contribution in [3.63, 3.8) is 0 Å². The molecule has 0 N–H and O–H groups in total. The first-order valence-electron chi connectivity index (χ1n) is 9.11. The molecule has 1 aliphatic carbocycles. The molecule has 3 rings (SSSR count). The second-order valence-corrected chi connectivity index (χ2v) is 7.40. The molecule has 1 aromatic rings. The number of likely N-dealkylation sites (tertiary alicyclic amines) is 1. The van der Waals surface area contributed by atoms with Gasteiger partial charge in [-0.2, -0.15) is 0 Å². The fourth-order valence-corrected chi connectivity index (χ4v) is 3.95. The van der Waals surface area contributed by atoms with Gasteiger partial charge >= 0.3 is 0 Å². The number of ether oxygens (including phenoxy) is 2. The summed E-state index contributed by atoms with van der Waals surface area (Å²) >= 11 is 0. The lowest BCUT2D eigenvalue weighted by molar-refractivity contribution is -0.154. The van der Waals surface area contributed by atoms with Crippen LogP contribution in [0.5, 0.6) is 5.75 Å². The molecule has 0 aromatic heterocycles. The molecule has 0 spiro atoms. The summed E-state index contributed by atoms with van der Waals surface area (Å²) in [6, 6.07) is 8.11. The molecule has 1 unspecified atom stereocenters. The molecule has 1 aromatic carbocycles. The van der Waals surface area contributed by atoms with Crippen LogP contribution in [-0.4, -0.2) is 44.2 Å². The number of carbonyl (C=O) groups is 1. The van der Waals surface area contributed by atoms with Gasteiger partial charge in [0, 0.05) is 26.1 Å². The average molecular weight is 331 g/mol. The highest BCUT2D eigenvalue weighted by atomic mass is 16.5. The molecule has 2 fully saturated rings. The van der Waals surface area contributed by atoms with E-state index < -0.39 is 0 Å². The standard InChI is InChI=1S/C20H29NO3/c1-16-7-3-4-9-18(16)24-14-17-8-5-12-21(13-17)19(22)20(15-23-2)10-6-11-20/h3-4,7,9,17H,5-6,8,10-15H2,1-2H3. The summed E-state index contributed by atoms with van der Waals surface area (Å²) in [6.07, 6.45) is 5.29. The van der Waals surface area contributed by atoms with E-state index in [1.165, 1.54) is 0 Å². The average Bonchev–Trinajstić information content (AvgIpc) is 2.57. The summed E-state index contributed by atoms with van der Waals surface area (Å²) in [5, 5.41) is 0. The number of methoxy groups -OCH3 is 1. The van der Waals surface area contributed by atoms with Crippen LogP contribution in [0.1, 0.15) is 37.7 Å². The van der Waals surface area contributed by atoms with Gasteiger partial charge in [-0.1, -0.05) is 24.6 Å². The third-order valence-electron chi connectivity index (χ3n) is 5.56. The smallest absolute Gasteiger partial charge is 0.231 e. The van der Waals surface area contributed by atoms with Crippen molar-refractivity contribution in [1.29, 1.82) is 0 Å². The molecule has 1 heterocycles. The summed E-state index contributed by atoms with van der Waals surface area (Å²) in [4.78, 5) is 15.0. The summed E-state index contributed by atoms with van der Waals surface area (Å²) in [5.74, 6) is 1.67. The molecule has 132 valence electrons. The zero-order valence-corrected chi connectivity index (χ0v) is 14.9. The van der Waals surface area contributed by atoms with Gasteiger partial charge in [-0.25, -0.2) is 0 Å². The molecule has 2 aliphatic rings. The van der Waals surface area contributed by atoms with E-state index in [-0.39, 0.29) is 5.41 Å². The lowest BCUT2D eigenvalue weighted by Crippen LogP contribution is -2.53. The quantitative estimate of drug-likeness (QED) is 0.801. The Morgan fingerprint density at radius 1 is 1.29 bits per heavy atom. The largest absolute Gasteiger partial charge is 0.493 e. The number of amides is 1. The molecule has 4 heteroatoms. The number of carbonyl (C=O) groups excluding carboxylic acids is 1. The number of benzene rings is 1.